The summed E-state index contributed by atoms with van der Waals surface area (Å²) >= 11 is 0. The van der Waals surface area contributed by atoms with Gasteiger partial charge in [0.15, 0.2) is 0 Å². The molecule has 3 heterocycles. The molecule has 0 unspecified atom stereocenters. The van der Waals surface area contributed by atoms with E-state index in [1.54, 1.807) is 25.4 Å². The maximum absolute atomic E-state index is 14.9. The average Bonchev–Trinajstić information content (AvgIpc) is 3.76. The minimum absolute atomic E-state index is 0.0315. The first-order chi connectivity index (χ1) is 18.6. The maximum atomic E-state index is 14.9. The van der Waals surface area contributed by atoms with Crippen LogP contribution >= 0.6 is 0 Å². The second-order valence-electron chi connectivity index (χ2n) is 10.0. The number of pyridine rings is 2. The van der Waals surface area contributed by atoms with E-state index < -0.39 is 17.4 Å². The normalized spacial score (nSPS) is 13.2. The fourth-order valence-electron chi connectivity index (χ4n) is 4.06. The summed E-state index contributed by atoms with van der Waals surface area (Å²) in [5.74, 6) is -0.813. The zero-order valence-electron chi connectivity index (χ0n) is 21.6. The van der Waals surface area contributed by atoms with E-state index in [1.165, 1.54) is 50.6 Å². The van der Waals surface area contributed by atoms with Gasteiger partial charge in [-0.25, -0.2) is 18.7 Å². The first-order valence-corrected chi connectivity index (χ1v) is 12.4. The largest absolute Gasteiger partial charge is 0.319 e. The van der Waals surface area contributed by atoms with Crippen LogP contribution in [0.2, 0.25) is 0 Å². The molecule has 198 valence electrons. The van der Waals surface area contributed by atoms with Crippen LogP contribution < -0.4 is 10.6 Å². The molecule has 0 atom stereocenters. The lowest BCUT2D eigenvalue weighted by molar-refractivity contribution is -0.117. The Bertz CT molecular complexity index is 1580. The average molecular weight is 529 g/mol. The second kappa shape index (κ2) is 10.3. The van der Waals surface area contributed by atoms with Gasteiger partial charge in [-0.1, -0.05) is 0 Å². The molecular weight excluding hydrogens is 502 g/mol. The molecule has 10 heteroatoms. The van der Waals surface area contributed by atoms with E-state index in [4.69, 9.17) is 0 Å². The number of halogens is 2. The summed E-state index contributed by atoms with van der Waals surface area (Å²) in [6.07, 6.45) is 7.74. The molecule has 39 heavy (non-hydrogen) atoms. The van der Waals surface area contributed by atoms with Gasteiger partial charge in [-0.3, -0.25) is 19.6 Å². The molecule has 0 spiro atoms. The highest BCUT2D eigenvalue weighted by atomic mass is 19.1. The van der Waals surface area contributed by atoms with Crippen LogP contribution in [-0.4, -0.2) is 31.8 Å². The Hall–Kier alpha value is -4.60. The van der Waals surface area contributed by atoms with Crippen LogP contribution in [0.5, 0.6) is 0 Å². The number of alkyl halides is 1. The number of anilines is 2. The van der Waals surface area contributed by atoms with Crippen molar-refractivity contribution in [1.29, 1.82) is 0 Å². The standard InChI is InChI=1S/C29H26F2N6O2/c1-16-8-22(30)24(36-28(39)18-6-7-33-25(10-18)29(2,3)31)11-21(16)19-9-20(14-32-13-19)23-12-26(35-15-34-23)37-27(38)17-4-5-17/h6-15,17H,4-5H2,1-3H3,(H,36,39)(H,34,35,37,38). The molecule has 0 radical (unpaired) electrons. The molecule has 1 saturated carbocycles. The minimum atomic E-state index is -1.73. The number of rotatable bonds is 7. The van der Waals surface area contributed by atoms with Crippen LogP contribution in [0.3, 0.4) is 0 Å². The summed E-state index contributed by atoms with van der Waals surface area (Å²) in [5.41, 5.74) is 1.68. The smallest absolute Gasteiger partial charge is 0.255 e. The Balaban J connectivity index is 1.42. The number of amides is 2. The van der Waals surface area contributed by atoms with Gasteiger partial charge in [-0.15, -0.1) is 0 Å². The van der Waals surface area contributed by atoms with E-state index in [0.29, 0.717) is 33.8 Å². The van der Waals surface area contributed by atoms with E-state index in [9.17, 15) is 18.4 Å². The zero-order chi connectivity index (χ0) is 27.7. The molecule has 2 amide bonds. The number of benzene rings is 1. The summed E-state index contributed by atoms with van der Waals surface area (Å²) in [6, 6.07) is 9.16. The first kappa shape index (κ1) is 26.0. The van der Waals surface area contributed by atoms with Crippen LogP contribution in [0.25, 0.3) is 22.4 Å². The van der Waals surface area contributed by atoms with Crippen LogP contribution in [0.1, 0.15) is 48.3 Å². The van der Waals surface area contributed by atoms with Crippen molar-refractivity contribution >= 4 is 23.3 Å². The molecule has 1 fully saturated rings. The lowest BCUT2D eigenvalue weighted by Crippen LogP contribution is -2.17. The number of hydrogen-bond donors (Lipinski definition) is 2. The Kier molecular flexibility index (Phi) is 6.86. The summed E-state index contributed by atoms with van der Waals surface area (Å²) in [6.45, 7) is 4.44. The summed E-state index contributed by atoms with van der Waals surface area (Å²) in [5, 5.41) is 5.39. The molecule has 1 aliphatic carbocycles. The molecule has 3 aromatic heterocycles. The van der Waals surface area contributed by atoms with Gasteiger partial charge in [0.25, 0.3) is 5.91 Å². The predicted octanol–water partition coefficient (Wildman–Crippen LogP) is 5.85. The number of carbonyl (C=O) groups excluding carboxylic acids is 2. The monoisotopic (exact) mass is 528 g/mol. The van der Waals surface area contributed by atoms with Crippen molar-refractivity contribution in [1.82, 2.24) is 19.9 Å². The third-order valence-corrected chi connectivity index (χ3v) is 6.40. The summed E-state index contributed by atoms with van der Waals surface area (Å²) < 4.78 is 29.2. The second-order valence-corrected chi connectivity index (χ2v) is 10.0. The van der Waals surface area contributed by atoms with Gasteiger partial charge < -0.3 is 10.6 Å². The van der Waals surface area contributed by atoms with Crippen molar-refractivity contribution in [3.05, 3.63) is 84.0 Å². The molecule has 8 nitrogen and oxygen atoms in total. The van der Waals surface area contributed by atoms with Crippen molar-refractivity contribution in [3.8, 4) is 22.4 Å². The number of hydrogen-bond acceptors (Lipinski definition) is 6. The van der Waals surface area contributed by atoms with Gasteiger partial charge in [0, 0.05) is 47.3 Å². The highest BCUT2D eigenvalue weighted by molar-refractivity contribution is 6.04. The molecule has 1 aromatic carbocycles. The number of aromatic nitrogens is 4. The fourth-order valence-corrected chi connectivity index (χ4v) is 4.06. The molecule has 4 aromatic rings. The van der Waals surface area contributed by atoms with Crippen molar-refractivity contribution in [2.24, 2.45) is 5.92 Å². The topological polar surface area (TPSA) is 110 Å². The molecule has 2 N–H and O–H groups in total. The van der Waals surface area contributed by atoms with Crippen molar-refractivity contribution in [2.75, 3.05) is 10.6 Å². The third-order valence-electron chi connectivity index (χ3n) is 6.40. The van der Waals surface area contributed by atoms with Crippen LogP contribution in [0.4, 0.5) is 20.3 Å². The lowest BCUT2D eigenvalue weighted by atomic mass is 9.99. The number of nitrogens with zero attached hydrogens (tertiary/aromatic N) is 4. The van der Waals surface area contributed by atoms with E-state index in [2.05, 4.69) is 30.6 Å². The Labute approximate surface area is 224 Å². The molecule has 1 aliphatic rings. The quantitative estimate of drug-likeness (QED) is 0.311. The number of nitrogens with one attached hydrogen (secondary N) is 2. The van der Waals surface area contributed by atoms with E-state index in [-0.39, 0.29) is 28.8 Å². The SMILES string of the molecule is Cc1cc(F)c(NC(=O)c2ccnc(C(C)(C)F)c2)cc1-c1cncc(-c2cc(NC(=O)C3CC3)ncn2)c1. The minimum Gasteiger partial charge on any atom is -0.319 e. The maximum Gasteiger partial charge on any atom is 0.255 e. The predicted molar refractivity (Wildman–Crippen MR) is 143 cm³/mol. The van der Waals surface area contributed by atoms with Crippen LogP contribution in [0, 0.1) is 18.7 Å². The van der Waals surface area contributed by atoms with Gasteiger partial charge in [0.1, 0.15) is 23.6 Å². The van der Waals surface area contributed by atoms with E-state index in [0.717, 1.165) is 12.8 Å². The Morgan fingerprint density at radius 1 is 0.974 bits per heavy atom. The van der Waals surface area contributed by atoms with Crippen molar-refractivity contribution < 1.29 is 18.4 Å². The number of carbonyl (C=O) groups is 2. The Morgan fingerprint density at radius 2 is 1.74 bits per heavy atom. The number of aryl methyl sites for hydroxylation is 1. The molecule has 0 saturated heterocycles. The molecule has 0 bridgehead atoms. The van der Waals surface area contributed by atoms with E-state index >= 15 is 0 Å². The lowest BCUT2D eigenvalue weighted by Gasteiger charge is -2.15. The highest BCUT2D eigenvalue weighted by Gasteiger charge is 2.30. The van der Waals surface area contributed by atoms with E-state index in [1.807, 2.05) is 6.07 Å². The van der Waals surface area contributed by atoms with Gasteiger partial charge in [-0.2, -0.15) is 0 Å². The van der Waals surface area contributed by atoms with Crippen molar-refractivity contribution in [3.63, 3.8) is 0 Å². The van der Waals surface area contributed by atoms with Crippen LogP contribution in [0.15, 0.2) is 61.3 Å². The van der Waals surface area contributed by atoms with Gasteiger partial charge in [-0.05, 0) is 75.1 Å². The molecular formula is C29H26F2N6O2. The van der Waals surface area contributed by atoms with Crippen LogP contribution in [-0.2, 0) is 10.5 Å². The summed E-state index contributed by atoms with van der Waals surface area (Å²) in [4.78, 5) is 41.8. The highest BCUT2D eigenvalue weighted by Crippen LogP contribution is 2.32. The Morgan fingerprint density at radius 3 is 2.49 bits per heavy atom. The molecule has 0 aliphatic heterocycles. The first-order valence-electron chi connectivity index (χ1n) is 12.4. The summed E-state index contributed by atoms with van der Waals surface area (Å²) in [7, 11) is 0. The molecule has 5 rings (SSSR count). The zero-order valence-corrected chi connectivity index (χ0v) is 21.6. The van der Waals surface area contributed by atoms with Crippen molar-refractivity contribution in [2.45, 2.75) is 39.3 Å². The van der Waals surface area contributed by atoms with Gasteiger partial charge in [0.2, 0.25) is 5.91 Å². The third kappa shape index (κ3) is 5.95. The fraction of sp³-hybridized carbons (Fsp3) is 0.241. The van der Waals surface area contributed by atoms with Gasteiger partial charge in [0.05, 0.1) is 17.1 Å². The van der Waals surface area contributed by atoms with Gasteiger partial charge >= 0.3 is 0 Å².